The van der Waals surface area contributed by atoms with E-state index in [4.69, 9.17) is 0 Å². The summed E-state index contributed by atoms with van der Waals surface area (Å²) >= 11 is 0. The van der Waals surface area contributed by atoms with Crippen molar-refractivity contribution in [1.29, 1.82) is 0 Å². The van der Waals surface area contributed by atoms with Crippen LogP contribution in [0.3, 0.4) is 0 Å². The van der Waals surface area contributed by atoms with Crippen molar-refractivity contribution in [2.24, 2.45) is 0 Å². The largest absolute Gasteiger partial charge is 0.391 e. The number of hydrogen-bond acceptors (Lipinski definition) is 2. The summed E-state index contributed by atoms with van der Waals surface area (Å²) in [6.07, 6.45) is 11.3. The molecular weight excluding hydrogens is 198 g/mol. The van der Waals surface area contributed by atoms with E-state index in [9.17, 15) is 5.11 Å². The summed E-state index contributed by atoms with van der Waals surface area (Å²) in [6.45, 7) is 3.51. The molecule has 94 valence electrons. The summed E-state index contributed by atoms with van der Waals surface area (Å²) in [4.78, 5) is 2.62. The zero-order valence-electron chi connectivity index (χ0n) is 10.7. The second kappa shape index (κ2) is 6.02. The number of aliphatic hydroxyl groups excluding tert-OH is 1. The Balaban J connectivity index is 1.98. The first-order valence-corrected chi connectivity index (χ1v) is 7.26. The lowest BCUT2D eigenvalue weighted by Gasteiger charge is -2.37. The second-order valence-electron chi connectivity index (χ2n) is 5.57. The van der Waals surface area contributed by atoms with Crippen molar-refractivity contribution in [3.8, 4) is 0 Å². The van der Waals surface area contributed by atoms with Crippen LogP contribution >= 0.6 is 0 Å². The van der Waals surface area contributed by atoms with Crippen LogP contribution in [0.5, 0.6) is 0 Å². The molecule has 2 heteroatoms. The lowest BCUT2D eigenvalue weighted by atomic mass is 9.92. The van der Waals surface area contributed by atoms with Crippen molar-refractivity contribution in [1.82, 2.24) is 4.90 Å². The third-order valence-electron chi connectivity index (χ3n) is 4.51. The Bertz CT molecular complexity index is 207. The molecule has 0 bridgehead atoms. The Morgan fingerprint density at radius 3 is 2.50 bits per heavy atom. The van der Waals surface area contributed by atoms with Crippen LogP contribution in [0, 0.1) is 0 Å². The second-order valence-corrected chi connectivity index (χ2v) is 5.57. The standard InChI is InChI=1S/C14H27NO/c1-2-12-8-7-11-15(12)13-9-5-3-4-6-10-14(13)16/h12-14,16H,2-11H2,1H3. The fourth-order valence-corrected chi connectivity index (χ4v) is 3.57. The van der Waals surface area contributed by atoms with Gasteiger partial charge in [0.2, 0.25) is 0 Å². The normalized spacial score (nSPS) is 38.2. The number of hydrogen-bond donors (Lipinski definition) is 1. The van der Waals surface area contributed by atoms with E-state index in [1.165, 1.54) is 57.9 Å². The van der Waals surface area contributed by atoms with Crippen LogP contribution in [-0.2, 0) is 0 Å². The van der Waals surface area contributed by atoms with E-state index in [1.807, 2.05) is 0 Å². The number of nitrogens with zero attached hydrogens (tertiary/aromatic N) is 1. The van der Waals surface area contributed by atoms with Crippen molar-refractivity contribution >= 4 is 0 Å². The van der Waals surface area contributed by atoms with Crippen LogP contribution in [0.25, 0.3) is 0 Å². The van der Waals surface area contributed by atoms with Gasteiger partial charge in [0.15, 0.2) is 0 Å². The molecule has 2 fully saturated rings. The minimum atomic E-state index is -0.0625. The van der Waals surface area contributed by atoms with Gasteiger partial charge in [-0.2, -0.15) is 0 Å². The number of likely N-dealkylation sites (tertiary alicyclic amines) is 1. The molecular formula is C14H27NO. The van der Waals surface area contributed by atoms with Gasteiger partial charge in [0.05, 0.1) is 6.10 Å². The van der Waals surface area contributed by atoms with Crippen molar-refractivity contribution in [3.63, 3.8) is 0 Å². The van der Waals surface area contributed by atoms with Crippen LogP contribution in [0.4, 0.5) is 0 Å². The van der Waals surface area contributed by atoms with Crippen LogP contribution in [0.2, 0.25) is 0 Å². The summed E-state index contributed by atoms with van der Waals surface area (Å²) < 4.78 is 0. The van der Waals surface area contributed by atoms with E-state index in [2.05, 4.69) is 11.8 Å². The minimum absolute atomic E-state index is 0.0625. The van der Waals surface area contributed by atoms with Crippen LogP contribution < -0.4 is 0 Å². The first kappa shape index (κ1) is 12.4. The highest BCUT2D eigenvalue weighted by Crippen LogP contribution is 2.29. The molecule has 1 saturated carbocycles. The Morgan fingerprint density at radius 2 is 1.75 bits per heavy atom. The van der Waals surface area contributed by atoms with Gasteiger partial charge in [-0.1, -0.05) is 32.6 Å². The Morgan fingerprint density at radius 1 is 1.00 bits per heavy atom. The lowest BCUT2D eigenvalue weighted by molar-refractivity contribution is 0.0239. The van der Waals surface area contributed by atoms with Gasteiger partial charge >= 0.3 is 0 Å². The van der Waals surface area contributed by atoms with E-state index in [0.29, 0.717) is 6.04 Å². The molecule has 0 radical (unpaired) electrons. The maximum absolute atomic E-state index is 10.3. The first-order chi connectivity index (χ1) is 7.83. The van der Waals surface area contributed by atoms with Crippen LogP contribution in [0.15, 0.2) is 0 Å². The van der Waals surface area contributed by atoms with Crippen molar-refractivity contribution in [3.05, 3.63) is 0 Å². The fraction of sp³-hybridized carbons (Fsp3) is 1.00. The molecule has 0 amide bonds. The summed E-state index contributed by atoms with van der Waals surface area (Å²) in [5, 5.41) is 10.3. The third-order valence-corrected chi connectivity index (χ3v) is 4.51. The van der Waals surface area contributed by atoms with E-state index in [-0.39, 0.29) is 6.10 Å². The molecule has 1 aliphatic heterocycles. The van der Waals surface area contributed by atoms with Gasteiger partial charge in [-0.3, -0.25) is 4.90 Å². The van der Waals surface area contributed by atoms with Crippen LogP contribution in [0.1, 0.15) is 64.7 Å². The highest BCUT2D eigenvalue weighted by molar-refractivity contribution is 4.88. The predicted octanol–water partition coefficient (Wildman–Crippen LogP) is 2.94. The summed E-state index contributed by atoms with van der Waals surface area (Å²) in [7, 11) is 0. The molecule has 0 aromatic carbocycles. The van der Waals surface area contributed by atoms with Gasteiger partial charge in [0.1, 0.15) is 0 Å². The van der Waals surface area contributed by atoms with Crippen molar-refractivity contribution in [2.45, 2.75) is 82.9 Å². The molecule has 0 aromatic rings. The first-order valence-electron chi connectivity index (χ1n) is 7.26. The molecule has 16 heavy (non-hydrogen) atoms. The number of rotatable bonds is 2. The Kier molecular flexibility index (Phi) is 4.66. The summed E-state index contributed by atoms with van der Waals surface area (Å²) in [5.74, 6) is 0. The van der Waals surface area contributed by atoms with Gasteiger partial charge in [-0.05, 0) is 38.6 Å². The van der Waals surface area contributed by atoms with Gasteiger partial charge in [-0.15, -0.1) is 0 Å². The molecule has 0 aromatic heterocycles. The molecule has 1 heterocycles. The Hall–Kier alpha value is -0.0800. The minimum Gasteiger partial charge on any atom is -0.391 e. The quantitative estimate of drug-likeness (QED) is 0.781. The highest BCUT2D eigenvalue weighted by Gasteiger charge is 2.33. The average Bonchev–Trinajstić information content (AvgIpc) is 2.72. The molecule has 2 aliphatic rings. The molecule has 0 spiro atoms. The van der Waals surface area contributed by atoms with Crippen molar-refractivity contribution < 1.29 is 5.11 Å². The van der Waals surface area contributed by atoms with E-state index in [1.54, 1.807) is 0 Å². The molecule has 2 rings (SSSR count). The molecule has 1 saturated heterocycles. The number of aliphatic hydroxyl groups is 1. The van der Waals surface area contributed by atoms with Crippen LogP contribution in [-0.4, -0.2) is 34.7 Å². The van der Waals surface area contributed by atoms with Gasteiger partial charge in [0, 0.05) is 12.1 Å². The average molecular weight is 225 g/mol. The zero-order chi connectivity index (χ0) is 11.4. The van der Waals surface area contributed by atoms with E-state index in [0.717, 1.165) is 12.5 Å². The van der Waals surface area contributed by atoms with E-state index < -0.39 is 0 Å². The monoisotopic (exact) mass is 225 g/mol. The molecule has 3 unspecified atom stereocenters. The van der Waals surface area contributed by atoms with Gasteiger partial charge in [0.25, 0.3) is 0 Å². The van der Waals surface area contributed by atoms with Gasteiger partial charge in [-0.25, -0.2) is 0 Å². The molecule has 3 atom stereocenters. The lowest BCUT2D eigenvalue weighted by Crippen LogP contribution is -2.46. The highest BCUT2D eigenvalue weighted by atomic mass is 16.3. The third kappa shape index (κ3) is 2.78. The predicted molar refractivity (Wildman–Crippen MR) is 67.5 cm³/mol. The molecule has 1 aliphatic carbocycles. The summed E-state index contributed by atoms with van der Waals surface area (Å²) in [5.41, 5.74) is 0. The topological polar surface area (TPSA) is 23.5 Å². The van der Waals surface area contributed by atoms with Crippen molar-refractivity contribution in [2.75, 3.05) is 6.54 Å². The SMILES string of the molecule is CCC1CCCN1C1CCCCCCC1O. The zero-order valence-corrected chi connectivity index (χ0v) is 10.7. The fourth-order valence-electron chi connectivity index (χ4n) is 3.57. The maximum Gasteiger partial charge on any atom is 0.0695 e. The summed E-state index contributed by atoms with van der Waals surface area (Å²) in [6, 6.07) is 1.21. The molecule has 2 nitrogen and oxygen atoms in total. The molecule has 1 N–H and O–H groups in total. The maximum atomic E-state index is 10.3. The Labute approximate surface area is 100 Å². The smallest absolute Gasteiger partial charge is 0.0695 e. The van der Waals surface area contributed by atoms with E-state index >= 15 is 0 Å². The van der Waals surface area contributed by atoms with Gasteiger partial charge < -0.3 is 5.11 Å².